The molecule has 1 unspecified atom stereocenters. The summed E-state index contributed by atoms with van der Waals surface area (Å²) >= 11 is 0. The molecule has 0 fully saturated rings. The molecule has 11 heavy (non-hydrogen) atoms. The van der Waals surface area contributed by atoms with Crippen LogP contribution in [0.15, 0.2) is 4.99 Å². The van der Waals surface area contributed by atoms with Crippen LogP contribution < -0.4 is 16.8 Å². The van der Waals surface area contributed by atoms with Crippen molar-refractivity contribution in [1.29, 1.82) is 0 Å². The minimum absolute atomic E-state index is 0.0601. The fourth-order valence-corrected chi connectivity index (χ4v) is 0.623. The normalized spacial score (nSPS) is 12.5. The van der Waals surface area contributed by atoms with Gasteiger partial charge >= 0.3 is 0 Å². The van der Waals surface area contributed by atoms with E-state index in [2.05, 4.69) is 10.3 Å². The number of alkyl halides is 1. The number of guanidine groups is 1. The summed E-state index contributed by atoms with van der Waals surface area (Å²) in [6.45, 7) is 0.491. The van der Waals surface area contributed by atoms with Crippen molar-refractivity contribution in [2.75, 3.05) is 13.6 Å². The molecule has 5 N–H and O–H groups in total. The molecule has 4 nitrogen and oxygen atoms in total. The molecule has 0 saturated heterocycles. The van der Waals surface area contributed by atoms with Crippen molar-refractivity contribution in [1.82, 2.24) is 5.32 Å². The third-order valence-corrected chi connectivity index (χ3v) is 1.22. The SMILES string of the molecule is CNC(F)CCCN=C(N)N. The molecule has 0 aromatic carbocycles. The molecule has 5 heteroatoms. The van der Waals surface area contributed by atoms with E-state index >= 15 is 0 Å². The van der Waals surface area contributed by atoms with Crippen LogP contribution >= 0.6 is 0 Å². The van der Waals surface area contributed by atoms with E-state index < -0.39 is 6.30 Å². The van der Waals surface area contributed by atoms with E-state index in [-0.39, 0.29) is 5.96 Å². The summed E-state index contributed by atoms with van der Waals surface area (Å²) in [5.74, 6) is 0.0601. The van der Waals surface area contributed by atoms with Gasteiger partial charge in [0.25, 0.3) is 0 Å². The van der Waals surface area contributed by atoms with Crippen molar-refractivity contribution in [3.8, 4) is 0 Å². The highest BCUT2D eigenvalue weighted by Crippen LogP contribution is 1.97. The lowest BCUT2D eigenvalue weighted by Crippen LogP contribution is -2.23. The van der Waals surface area contributed by atoms with Crippen molar-refractivity contribution >= 4 is 5.96 Å². The zero-order chi connectivity index (χ0) is 8.69. The zero-order valence-electron chi connectivity index (χ0n) is 6.68. The first-order valence-corrected chi connectivity index (χ1v) is 3.53. The van der Waals surface area contributed by atoms with Gasteiger partial charge in [-0.2, -0.15) is 0 Å². The number of nitrogens with one attached hydrogen (secondary N) is 1. The maximum atomic E-state index is 12.4. The van der Waals surface area contributed by atoms with Gasteiger partial charge in [0.2, 0.25) is 0 Å². The summed E-state index contributed by atoms with van der Waals surface area (Å²) < 4.78 is 12.4. The summed E-state index contributed by atoms with van der Waals surface area (Å²) in [6.07, 6.45) is 0.136. The standard InChI is InChI=1S/C6H15FN4/c1-10-5(7)3-2-4-11-6(8)9/h5,10H,2-4H2,1H3,(H4,8,9,11). The first-order valence-electron chi connectivity index (χ1n) is 3.53. The van der Waals surface area contributed by atoms with Gasteiger partial charge in [0.1, 0.15) is 0 Å². The van der Waals surface area contributed by atoms with E-state index in [1.165, 1.54) is 0 Å². The molecule has 66 valence electrons. The van der Waals surface area contributed by atoms with E-state index in [9.17, 15) is 4.39 Å². The van der Waals surface area contributed by atoms with Gasteiger partial charge in [-0.25, -0.2) is 4.39 Å². The molecular weight excluding hydrogens is 147 g/mol. The number of halogens is 1. The van der Waals surface area contributed by atoms with Gasteiger partial charge in [0.15, 0.2) is 12.3 Å². The number of rotatable bonds is 5. The smallest absolute Gasteiger partial charge is 0.185 e. The molecule has 0 amide bonds. The molecule has 0 heterocycles. The summed E-state index contributed by atoms with van der Waals surface area (Å²) in [5, 5.41) is 2.48. The number of nitrogens with two attached hydrogens (primary N) is 2. The molecule has 0 aromatic rings. The van der Waals surface area contributed by atoms with Gasteiger partial charge in [-0.3, -0.25) is 10.3 Å². The molecule has 0 aromatic heterocycles. The van der Waals surface area contributed by atoms with E-state index in [0.29, 0.717) is 19.4 Å². The third kappa shape index (κ3) is 7.05. The lowest BCUT2D eigenvalue weighted by molar-refractivity contribution is 0.270. The average Bonchev–Trinajstić information content (AvgIpc) is 1.97. The van der Waals surface area contributed by atoms with E-state index in [4.69, 9.17) is 11.5 Å². The van der Waals surface area contributed by atoms with E-state index in [1.807, 2.05) is 0 Å². The number of nitrogens with zero attached hydrogens (tertiary/aromatic N) is 1. The molecule has 0 bridgehead atoms. The second-order valence-electron chi connectivity index (χ2n) is 2.21. The van der Waals surface area contributed by atoms with Gasteiger partial charge in [0, 0.05) is 6.54 Å². The highest BCUT2D eigenvalue weighted by Gasteiger charge is 1.99. The molecule has 0 spiro atoms. The lowest BCUT2D eigenvalue weighted by atomic mass is 10.3. The van der Waals surface area contributed by atoms with Crippen LogP contribution in [0.25, 0.3) is 0 Å². The topological polar surface area (TPSA) is 76.4 Å². The van der Waals surface area contributed by atoms with E-state index in [0.717, 1.165) is 0 Å². The molecule has 0 radical (unpaired) electrons. The summed E-state index contributed by atoms with van der Waals surface area (Å²) in [6, 6.07) is 0. The predicted octanol–water partition coefficient (Wildman–Crippen LogP) is -0.445. The largest absolute Gasteiger partial charge is 0.370 e. The number of hydrogen-bond acceptors (Lipinski definition) is 2. The van der Waals surface area contributed by atoms with Gasteiger partial charge in [-0.05, 0) is 19.9 Å². The molecule has 0 saturated carbocycles. The summed E-state index contributed by atoms with van der Waals surface area (Å²) in [7, 11) is 1.57. The van der Waals surface area contributed by atoms with Crippen LogP contribution in [-0.2, 0) is 0 Å². The van der Waals surface area contributed by atoms with Crippen LogP contribution in [0.2, 0.25) is 0 Å². The molecule has 1 atom stereocenters. The quantitative estimate of drug-likeness (QED) is 0.222. The molecule has 0 aliphatic rings. The maximum absolute atomic E-state index is 12.4. The minimum atomic E-state index is -0.954. The first kappa shape index (κ1) is 10.2. The fourth-order valence-electron chi connectivity index (χ4n) is 0.623. The molecule has 0 rings (SSSR count). The van der Waals surface area contributed by atoms with Crippen LogP contribution in [0.3, 0.4) is 0 Å². The Hall–Kier alpha value is -0.840. The second-order valence-corrected chi connectivity index (χ2v) is 2.21. The van der Waals surface area contributed by atoms with Crippen LogP contribution in [0.4, 0.5) is 4.39 Å². The van der Waals surface area contributed by atoms with Gasteiger partial charge < -0.3 is 11.5 Å². The summed E-state index contributed by atoms with van der Waals surface area (Å²) in [4.78, 5) is 3.71. The minimum Gasteiger partial charge on any atom is -0.370 e. The Labute approximate surface area is 65.9 Å². The van der Waals surface area contributed by atoms with Crippen molar-refractivity contribution in [3.63, 3.8) is 0 Å². The third-order valence-electron chi connectivity index (χ3n) is 1.22. The van der Waals surface area contributed by atoms with Gasteiger partial charge in [0.05, 0.1) is 0 Å². The Morgan fingerprint density at radius 2 is 2.27 bits per heavy atom. The Kier molecular flexibility index (Phi) is 5.46. The van der Waals surface area contributed by atoms with Gasteiger partial charge in [-0.1, -0.05) is 0 Å². The molecule has 0 aliphatic carbocycles. The van der Waals surface area contributed by atoms with Crippen LogP contribution in [0.5, 0.6) is 0 Å². The Bertz CT molecular complexity index is 122. The first-order chi connectivity index (χ1) is 5.16. The van der Waals surface area contributed by atoms with Crippen molar-refractivity contribution < 1.29 is 4.39 Å². The van der Waals surface area contributed by atoms with Crippen LogP contribution in [0.1, 0.15) is 12.8 Å². The van der Waals surface area contributed by atoms with Crippen molar-refractivity contribution in [2.45, 2.75) is 19.1 Å². The Balaban J connectivity index is 3.21. The molecule has 0 aliphatic heterocycles. The fraction of sp³-hybridized carbons (Fsp3) is 0.833. The van der Waals surface area contributed by atoms with Crippen molar-refractivity contribution in [2.24, 2.45) is 16.5 Å². The van der Waals surface area contributed by atoms with Crippen LogP contribution in [-0.4, -0.2) is 25.8 Å². The average molecular weight is 162 g/mol. The highest BCUT2D eigenvalue weighted by atomic mass is 19.1. The maximum Gasteiger partial charge on any atom is 0.185 e. The van der Waals surface area contributed by atoms with Crippen LogP contribution in [0, 0.1) is 0 Å². The zero-order valence-corrected chi connectivity index (χ0v) is 6.68. The van der Waals surface area contributed by atoms with E-state index in [1.54, 1.807) is 7.05 Å². The highest BCUT2D eigenvalue weighted by molar-refractivity contribution is 5.75. The monoisotopic (exact) mass is 162 g/mol. The summed E-state index contributed by atoms with van der Waals surface area (Å²) in [5.41, 5.74) is 10.1. The van der Waals surface area contributed by atoms with Gasteiger partial charge in [-0.15, -0.1) is 0 Å². The second kappa shape index (κ2) is 5.91. The molecular formula is C6H15FN4. The number of hydrogen-bond donors (Lipinski definition) is 3. The Morgan fingerprint density at radius 1 is 1.64 bits per heavy atom. The predicted molar refractivity (Wildman–Crippen MR) is 43.9 cm³/mol. The van der Waals surface area contributed by atoms with Crippen molar-refractivity contribution in [3.05, 3.63) is 0 Å². The Morgan fingerprint density at radius 3 is 2.73 bits per heavy atom. The lowest BCUT2D eigenvalue weighted by Gasteiger charge is -2.03. The number of aliphatic imine (C=N–C) groups is 1.